The van der Waals surface area contributed by atoms with Gasteiger partial charge < -0.3 is 4.74 Å². The fourth-order valence-corrected chi connectivity index (χ4v) is 2.32. The zero-order valence-corrected chi connectivity index (χ0v) is 11.8. The van der Waals surface area contributed by atoms with E-state index in [4.69, 9.17) is 11.2 Å². The van der Waals surface area contributed by atoms with E-state index in [2.05, 4.69) is 23.0 Å². The van der Waals surface area contributed by atoms with E-state index in [-0.39, 0.29) is 0 Å². The van der Waals surface area contributed by atoms with Gasteiger partial charge in [0.2, 0.25) is 0 Å². The molecule has 2 heteroatoms. The Hall–Kier alpha value is -2.79. The van der Waals surface area contributed by atoms with Crippen molar-refractivity contribution in [3.63, 3.8) is 0 Å². The van der Waals surface area contributed by atoms with Gasteiger partial charge in [0.25, 0.3) is 0 Å². The number of nitrogens with zero attached hydrogens (tertiary/aromatic N) is 1. The third kappa shape index (κ3) is 2.88. The molecule has 1 heterocycles. The maximum atomic E-state index is 5.86. The molecule has 0 unspecified atom stereocenters. The lowest BCUT2D eigenvalue weighted by atomic mass is 10.1. The minimum absolute atomic E-state index is 0.513. The Morgan fingerprint density at radius 1 is 1.10 bits per heavy atom. The minimum Gasteiger partial charge on any atom is -0.489 e. The number of benzene rings is 2. The van der Waals surface area contributed by atoms with Crippen LogP contribution < -0.4 is 4.74 Å². The molecule has 0 aliphatic heterocycles. The maximum Gasteiger partial charge on any atom is 0.119 e. The number of hydrogen-bond acceptors (Lipinski definition) is 2. The molecule has 0 spiro atoms. The number of rotatable bonds is 3. The molecule has 0 saturated heterocycles. The van der Waals surface area contributed by atoms with Gasteiger partial charge in [-0.05, 0) is 43.3 Å². The van der Waals surface area contributed by atoms with E-state index < -0.39 is 0 Å². The minimum atomic E-state index is 0.513. The van der Waals surface area contributed by atoms with E-state index in [1.165, 1.54) is 0 Å². The molecule has 0 bridgehead atoms. The van der Waals surface area contributed by atoms with Crippen molar-refractivity contribution in [2.24, 2.45) is 0 Å². The number of aromatic nitrogens is 1. The van der Waals surface area contributed by atoms with Crippen LogP contribution in [0.2, 0.25) is 0 Å². The van der Waals surface area contributed by atoms with E-state index in [1.54, 1.807) is 0 Å². The lowest BCUT2D eigenvalue weighted by molar-refractivity contribution is 0.307. The van der Waals surface area contributed by atoms with Crippen LogP contribution in [-0.4, -0.2) is 4.98 Å². The van der Waals surface area contributed by atoms with Crippen molar-refractivity contribution < 1.29 is 4.74 Å². The van der Waals surface area contributed by atoms with Gasteiger partial charge in [-0.2, -0.15) is 0 Å². The number of ether oxygens (including phenoxy) is 1. The SMILES string of the molecule is C#Cc1ccc(OCc2cc(C)nc3ccccc23)cc1. The highest BCUT2D eigenvalue weighted by Gasteiger charge is 2.04. The molecular formula is C19H15NO. The zero-order valence-electron chi connectivity index (χ0n) is 11.8. The third-order valence-corrected chi connectivity index (χ3v) is 3.35. The maximum absolute atomic E-state index is 5.86. The van der Waals surface area contributed by atoms with Crippen molar-refractivity contribution in [2.75, 3.05) is 0 Å². The van der Waals surface area contributed by atoms with E-state index >= 15 is 0 Å². The topological polar surface area (TPSA) is 22.1 Å². The van der Waals surface area contributed by atoms with Crippen molar-refractivity contribution in [3.05, 3.63) is 71.4 Å². The number of pyridine rings is 1. The summed E-state index contributed by atoms with van der Waals surface area (Å²) >= 11 is 0. The second-order valence-corrected chi connectivity index (χ2v) is 4.90. The molecular weight excluding hydrogens is 258 g/mol. The summed E-state index contributed by atoms with van der Waals surface area (Å²) in [6.45, 7) is 2.51. The van der Waals surface area contributed by atoms with Crippen LogP contribution in [0.1, 0.15) is 16.8 Å². The quantitative estimate of drug-likeness (QED) is 0.670. The normalized spacial score (nSPS) is 10.3. The van der Waals surface area contributed by atoms with Gasteiger partial charge in [-0.1, -0.05) is 24.1 Å². The van der Waals surface area contributed by atoms with E-state index in [0.717, 1.165) is 33.5 Å². The highest BCUT2D eigenvalue weighted by molar-refractivity contribution is 5.82. The number of aryl methyl sites for hydroxylation is 1. The number of hydrogen-bond donors (Lipinski definition) is 0. The molecule has 102 valence electrons. The second kappa shape index (κ2) is 5.68. The largest absolute Gasteiger partial charge is 0.489 e. The van der Waals surface area contributed by atoms with Crippen molar-refractivity contribution in [1.29, 1.82) is 0 Å². The van der Waals surface area contributed by atoms with Crippen LogP contribution in [0.25, 0.3) is 10.9 Å². The Morgan fingerprint density at radius 2 is 1.86 bits per heavy atom. The molecule has 3 rings (SSSR count). The molecule has 0 atom stereocenters. The highest BCUT2D eigenvalue weighted by atomic mass is 16.5. The Bertz CT molecular complexity index is 813. The third-order valence-electron chi connectivity index (χ3n) is 3.35. The summed E-state index contributed by atoms with van der Waals surface area (Å²) in [7, 11) is 0. The molecule has 2 nitrogen and oxygen atoms in total. The first kappa shape index (κ1) is 13.2. The molecule has 0 radical (unpaired) electrons. The van der Waals surface area contributed by atoms with Gasteiger partial charge in [-0.3, -0.25) is 4.98 Å². The van der Waals surface area contributed by atoms with Crippen molar-refractivity contribution >= 4 is 10.9 Å². The van der Waals surface area contributed by atoms with E-state index in [0.29, 0.717) is 6.61 Å². The molecule has 2 aromatic carbocycles. The summed E-state index contributed by atoms with van der Waals surface area (Å²) in [5, 5.41) is 1.13. The summed E-state index contributed by atoms with van der Waals surface area (Å²) in [6, 6.07) is 17.7. The Balaban J connectivity index is 1.86. The van der Waals surface area contributed by atoms with Crippen molar-refractivity contribution in [2.45, 2.75) is 13.5 Å². The van der Waals surface area contributed by atoms with Gasteiger partial charge in [0, 0.05) is 22.2 Å². The second-order valence-electron chi connectivity index (χ2n) is 4.90. The van der Waals surface area contributed by atoms with Crippen LogP contribution in [0.4, 0.5) is 0 Å². The van der Waals surface area contributed by atoms with E-state index in [9.17, 15) is 0 Å². The monoisotopic (exact) mass is 273 g/mol. The Morgan fingerprint density at radius 3 is 2.62 bits per heavy atom. The van der Waals surface area contributed by atoms with Gasteiger partial charge in [0.15, 0.2) is 0 Å². The van der Waals surface area contributed by atoms with Crippen LogP contribution in [0.5, 0.6) is 5.75 Å². The van der Waals surface area contributed by atoms with Gasteiger partial charge in [0.1, 0.15) is 12.4 Å². The number of terminal acetylenes is 1. The van der Waals surface area contributed by atoms with Crippen LogP contribution in [0.15, 0.2) is 54.6 Å². The molecule has 3 aromatic rings. The molecule has 1 aromatic heterocycles. The molecule has 0 aliphatic carbocycles. The average Bonchev–Trinajstić information content (AvgIpc) is 2.53. The van der Waals surface area contributed by atoms with Gasteiger partial charge in [-0.25, -0.2) is 0 Å². The van der Waals surface area contributed by atoms with E-state index in [1.807, 2.05) is 49.4 Å². The lowest BCUT2D eigenvalue weighted by Crippen LogP contribution is -1.98. The van der Waals surface area contributed by atoms with Crippen LogP contribution in [0, 0.1) is 19.3 Å². The van der Waals surface area contributed by atoms with Crippen molar-refractivity contribution in [1.82, 2.24) is 4.98 Å². The standard InChI is InChI=1S/C19H15NO/c1-3-15-8-10-17(11-9-15)21-13-16-12-14(2)20-19-7-5-4-6-18(16)19/h1,4-12H,13H2,2H3. The van der Waals surface area contributed by atoms with Gasteiger partial charge in [0.05, 0.1) is 5.52 Å². The number of para-hydroxylation sites is 1. The zero-order chi connectivity index (χ0) is 14.7. The molecule has 0 fully saturated rings. The summed E-state index contributed by atoms with van der Waals surface area (Å²) in [6.07, 6.45) is 5.35. The first-order valence-electron chi connectivity index (χ1n) is 6.81. The summed E-state index contributed by atoms with van der Waals surface area (Å²) in [5.41, 5.74) is 3.99. The Kier molecular flexibility index (Phi) is 3.57. The predicted octanol–water partition coefficient (Wildman–Crippen LogP) is 4.10. The summed E-state index contributed by atoms with van der Waals surface area (Å²) in [4.78, 5) is 4.54. The molecule has 0 N–H and O–H groups in total. The predicted molar refractivity (Wildman–Crippen MR) is 85.2 cm³/mol. The molecule has 0 aliphatic rings. The first-order chi connectivity index (χ1) is 10.3. The van der Waals surface area contributed by atoms with Crippen molar-refractivity contribution in [3.8, 4) is 18.1 Å². The fraction of sp³-hybridized carbons (Fsp3) is 0.105. The summed E-state index contributed by atoms with van der Waals surface area (Å²) in [5.74, 6) is 3.41. The van der Waals surface area contributed by atoms with Crippen LogP contribution in [-0.2, 0) is 6.61 Å². The fourth-order valence-electron chi connectivity index (χ4n) is 2.32. The van der Waals surface area contributed by atoms with Gasteiger partial charge >= 0.3 is 0 Å². The molecule has 21 heavy (non-hydrogen) atoms. The van der Waals surface area contributed by atoms with Crippen LogP contribution >= 0.6 is 0 Å². The Labute approximate surface area is 124 Å². The molecule has 0 saturated carbocycles. The number of fused-ring (bicyclic) bond motifs is 1. The molecule has 0 amide bonds. The van der Waals surface area contributed by atoms with Crippen LogP contribution in [0.3, 0.4) is 0 Å². The smallest absolute Gasteiger partial charge is 0.119 e. The average molecular weight is 273 g/mol. The lowest BCUT2D eigenvalue weighted by Gasteiger charge is -2.10. The highest BCUT2D eigenvalue weighted by Crippen LogP contribution is 2.20. The van der Waals surface area contributed by atoms with Gasteiger partial charge in [-0.15, -0.1) is 6.42 Å². The summed E-state index contributed by atoms with van der Waals surface area (Å²) < 4.78 is 5.86. The first-order valence-corrected chi connectivity index (χ1v) is 6.81.